The van der Waals surface area contributed by atoms with Gasteiger partial charge in [0.15, 0.2) is 0 Å². The lowest BCUT2D eigenvalue weighted by Gasteiger charge is -2.25. The van der Waals surface area contributed by atoms with Crippen LogP contribution < -0.4 is 5.32 Å². The van der Waals surface area contributed by atoms with E-state index in [2.05, 4.69) is 17.9 Å². The van der Waals surface area contributed by atoms with Crippen LogP contribution in [0.4, 0.5) is 0 Å². The van der Waals surface area contributed by atoms with E-state index in [0.29, 0.717) is 0 Å². The second-order valence-corrected chi connectivity index (χ2v) is 4.18. The molecule has 0 saturated carbocycles. The van der Waals surface area contributed by atoms with Gasteiger partial charge in [-0.15, -0.1) is 0 Å². The van der Waals surface area contributed by atoms with Crippen molar-refractivity contribution in [3.63, 3.8) is 0 Å². The predicted molar refractivity (Wildman–Crippen MR) is 51.0 cm³/mol. The van der Waals surface area contributed by atoms with Crippen LogP contribution in [0, 0.1) is 0 Å². The highest BCUT2D eigenvalue weighted by atomic mass is 32.1. The Kier molecular flexibility index (Phi) is 3.93. The molecule has 1 N–H and O–H groups in total. The van der Waals surface area contributed by atoms with Crippen molar-refractivity contribution in [3.05, 3.63) is 0 Å². The average molecular weight is 175 g/mol. The van der Waals surface area contributed by atoms with Crippen LogP contribution in [0.5, 0.6) is 0 Å². The number of thiol groups is 1. The number of carbonyl (C=O) groups excluding carboxylic acids is 1. The smallest absolute Gasteiger partial charge is 0.232 e. The van der Waals surface area contributed by atoms with Crippen LogP contribution >= 0.6 is 12.6 Å². The van der Waals surface area contributed by atoms with E-state index in [4.69, 9.17) is 0 Å². The third-order valence-corrected chi connectivity index (χ3v) is 1.96. The van der Waals surface area contributed by atoms with Gasteiger partial charge in [-0.1, -0.05) is 6.92 Å². The maximum atomic E-state index is 11.1. The number of carbonyl (C=O) groups is 1. The third kappa shape index (κ3) is 4.30. The Labute approximate surface area is 74.2 Å². The van der Waals surface area contributed by atoms with Crippen LogP contribution in [0.2, 0.25) is 0 Å². The molecule has 0 aromatic heterocycles. The first-order valence-corrected chi connectivity index (χ1v) is 4.41. The van der Waals surface area contributed by atoms with Crippen LogP contribution in [-0.4, -0.2) is 16.7 Å². The van der Waals surface area contributed by atoms with E-state index >= 15 is 0 Å². The standard InChI is InChI=1S/C8H17NOS/c1-5-8(3,4)9-7(10)6(2)11/h6,11H,5H2,1-4H3,(H,9,10). The van der Waals surface area contributed by atoms with Crippen molar-refractivity contribution in [2.75, 3.05) is 0 Å². The van der Waals surface area contributed by atoms with E-state index in [9.17, 15) is 4.79 Å². The first-order chi connectivity index (χ1) is 4.89. The predicted octanol–water partition coefficient (Wildman–Crippen LogP) is 1.61. The van der Waals surface area contributed by atoms with E-state index in [1.807, 2.05) is 20.8 Å². The molecule has 0 aromatic carbocycles. The maximum absolute atomic E-state index is 11.1. The maximum Gasteiger partial charge on any atom is 0.232 e. The summed E-state index contributed by atoms with van der Waals surface area (Å²) in [5.74, 6) is 0.000170. The topological polar surface area (TPSA) is 29.1 Å². The van der Waals surface area contributed by atoms with E-state index in [-0.39, 0.29) is 16.7 Å². The van der Waals surface area contributed by atoms with Gasteiger partial charge in [0, 0.05) is 5.54 Å². The molecule has 2 nitrogen and oxygen atoms in total. The minimum absolute atomic E-state index is 0.000170. The number of nitrogens with one attached hydrogen (secondary N) is 1. The molecule has 1 unspecified atom stereocenters. The second-order valence-electron chi connectivity index (χ2n) is 3.40. The second kappa shape index (κ2) is 4.00. The fraction of sp³-hybridized carbons (Fsp3) is 0.875. The van der Waals surface area contributed by atoms with Gasteiger partial charge in [-0.25, -0.2) is 0 Å². The van der Waals surface area contributed by atoms with Crippen molar-refractivity contribution >= 4 is 18.5 Å². The minimum atomic E-state index is -0.221. The van der Waals surface area contributed by atoms with Gasteiger partial charge < -0.3 is 5.32 Å². The molecule has 0 aliphatic carbocycles. The quantitative estimate of drug-likeness (QED) is 0.627. The summed E-state index contributed by atoms with van der Waals surface area (Å²) in [5.41, 5.74) is -0.103. The number of amides is 1. The molecule has 0 aliphatic heterocycles. The zero-order valence-corrected chi connectivity index (χ0v) is 8.53. The van der Waals surface area contributed by atoms with Gasteiger partial charge in [0.05, 0.1) is 5.25 Å². The highest BCUT2D eigenvalue weighted by Gasteiger charge is 2.19. The monoisotopic (exact) mass is 175 g/mol. The van der Waals surface area contributed by atoms with Crippen LogP contribution in [0.3, 0.4) is 0 Å². The summed E-state index contributed by atoms with van der Waals surface area (Å²) in [5, 5.41) is 2.67. The highest BCUT2D eigenvalue weighted by Crippen LogP contribution is 2.07. The summed E-state index contributed by atoms with van der Waals surface area (Å²) in [6, 6.07) is 0. The number of hydrogen-bond acceptors (Lipinski definition) is 2. The Morgan fingerprint density at radius 1 is 1.64 bits per heavy atom. The van der Waals surface area contributed by atoms with Crippen molar-refractivity contribution in [1.82, 2.24) is 5.32 Å². The Balaban J connectivity index is 3.94. The van der Waals surface area contributed by atoms with Gasteiger partial charge in [0.1, 0.15) is 0 Å². The molecule has 1 atom stereocenters. The average Bonchev–Trinajstić information content (AvgIpc) is 1.87. The molecule has 3 heteroatoms. The molecule has 1 amide bonds. The van der Waals surface area contributed by atoms with Crippen LogP contribution in [0.15, 0.2) is 0 Å². The van der Waals surface area contributed by atoms with Crippen LogP contribution in [0.25, 0.3) is 0 Å². The lowest BCUT2D eigenvalue weighted by Crippen LogP contribution is -2.45. The van der Waals surface area contributed by atoms with E-state index in [0.717, 1.165) is 6.42 Å². The summed E-state index contributed by atoms with van der Waals surface area (Å²) in [4.78, 5) is 11.1. The first-order valence-electron chi connectivity index (χ1n) is 3.89. The molecule has 0 heterocycles. The lowest BCUT2D eigenvalue weighted by atomic mass is 10.0. The Hall–Kier alpha value is -0.180. The number of hydrogen-bond donors (Lipinski definition) is 2. The molecular weight excluding hydrogens is 158 g/mol. The lowest BCUT2D eigenvalue weighted by molar-refractivity contribution is -0.121. The van der Waals surface area contributed by atoms with Crippen molar-refractivity contribution in [2.24, 2.45) is 0 Å². The molecule has 0 bridgehead atoms. The summed E-state index contributed by atoms with van der Waals surface area (Å²) < 4.78 is 0. The molecule has 0 aromatic rings. The van der Waals surface area contributed by atoms with E-state index in [1.54, 1.807) is 6.92 Å². The van der Waals surface area contributed by atoms with Gasteiger partial charge in [-0.05, 0) is 27.2 Å². The summed E-state index contributed by atoms with van der Waals surface area (Å²) in [6.07, 6.45) is 0.930. The van der Waals surface area contributed by atoms with Crippen LogP contribution in [-0.2, 0) is 4.79 Å². The Morgan fingerprint density at radius 3 is 2.36 bits per heavy atom. The molecule has 0 aliphatic rings. The zero-order valence-electron chi connectivity index (χ0n) is 7.64. The molecule has 0 saturated heterocycles. The van der Waals surface area contributed by atoms with E-state index in [1.165, 1.54) is 0 Å². The largest absolute Gasteiger partial charge is 0.350 e. The van der Waals surface area contributed by atoms with Crippen molar-refractivity contribution in [3.8, 4) is 0 Å². The Morgan fingerprint density at radius 2 is 2.09 bits per heavy atom. The van der Waals surface area contributed by atoms with Crippen molar-refractivity contribution < 1.29 is 4.79 Å². The fourth-order valence-corrected chi connectivity index (χ4v) is 0.591. The van der Waals surface area contributed by atoms with Crippen molar-refractivity contribution in [2.45, 2.75) is 44.9 Å². The molecule has 66 valence electrons. The Bertz CT molecular complexity index is 143. The van der Waals surface area contributed by atoms with Gasteiger partial charge in [0.25, 0.3) is 0 Å². The zero-order chi connectivity index (χ0) is 9.07. The minimum Gasteiger partial charge on any atom is -0.350 e. The van der Waals surface area contributed by atoms with Gasteiger partial charge in [0.2, 0.25) is 5.91 Å². The fourth-order valence-electron chi connectivity index (χ4n) is 0.526. The van der Waals surface area contributed by atoms with Crippen molar-refractivity contribution in [1.29, 1.82) is 0 Å². The molecule has 0 radical (unpaired) electrons. The molecule has 11 heavy (non-hydrogen) atoms. The van der Waals surface area contributed by atoms with Crippen LogP contribution in [0.1, 0.15) is 34.1 Å². The third-order valence-electron chi connectivity index (χ3n) is 1.72. The SMILES string of the molecule is CCC(C)(C)NC(=O)C(C)S. The van der Waals surface area contributed by atoms with Gasteiger partial charge >= 0.3 is 0 Å². The van der Waals surface area contributed by atoms with E-state index < -0.39 is 0 Å². The molecule has 0 fully saturated rings. The molecular formula is C8H17NOS. The highest BCUT2D eigenvalue weighted by molar-refractivity contribution is 7.81. The summed E-state index contributed by atoms with van der Waals surface area (Å²) in [6.45, 7) is 7.82. The summed E-state index contributed by atoms with van der Waals surface area (Å²) in [7, 11) is 0. The van der Waals surface area contributed by atoms with Gasteiger partial charge in [-0.2, -0.15) is 12.6 Å². The van der Waals surface area contributed by atoms with Gasteiger partial charge in [-0.3, -0.25) is 4.79 Å². The molecule has 0 spiro atoms. The first kappa shape index (κ1) is 10.8. The molecule has 0 rings (SSSR count). The normalized spacial score (nSPS) is 14.3. The summed E-state index contributed by atoms with van der Waals surface area (Å²) >= 11 is 4.03. The number of rotatable bonds is 3.